The minimum absolute atomic E-state index is 0.109. The molecular formula is C21H23F2N3O2. The number of hydrogen-bond donors (Lipinski definition) is 1. The first kappa shape index (κ1) is 19.9. The number of piperazine rings is 1. The van der Waals surface area contributed by atoms with Gasteiger partial charge >= 0.3 is 0 Å². The van der Waals surface area contributed by atoms with Gasteiger partial charge in [-0.2, -0.15) is 0 Å². The SMILES string of the molecule is CC(C(=O)NCc1ccc(F)cc1)N1CCN(C(=O)c2ccc(F)cc2)CC1. The van der Waals surface area contributed by atoms with Gasteiger partial charge in [-0.1, -0.05) is 12.1 Å². The molecule has 1 unspecified atom stereocenters. The number of hydrogen-bond acceptors (Lipinski definition) is 3. The van der Waals surface area contributed by atoms with E-state index in [1.807, 2.05) is 11.8 Å². The second kappa shape index (κ2) is 8.93. The van der Waals surface area contributed by atoms with Gasteiger partial charge in [0.05, 0.1) is 6.04 Å². The molecule has 0 saturated carbocycles. The van der Waals surface area contributed by atoms with Crippen molar-refractivity contribution in [1.29, 1.82) is 0 Å². The summed E-state index contributed by atoms with van der Waals surface area (Å²) in [6, 6.07) is 11.2. The molecule has 148 valence electrons. The summed E-state index contributed by atoms with van der Waals surface area (Å²) in [6.45, 7) is 4.34. The fourth-order valence-electron chi connectivity index (χ4n) is 3.19. The molecule has 1 heterocycles. The van der Waals surface area contributed by atoms with Gasteiger partial charge in [-0.05, 0) is 48.9 Å². The molecule has 0 spiro atoms. The Bertz CT molecular complexity index is 817. The largest absolute Gasteiger partial charge is 0.351 e. The molecule has 1 N–H and O–H groups in total. The first-order valence-electron chi connectivity index (χ1n) is 9.25. The highest BCUT2D eigenvalue weighted by molar-refractivity contribution is 5.94. The van der Waals surface area contributed by atoms with Crippen molar-refractivity contribution >= 4 is 11.8 Å². The highest BCUT2D eigenvalue weighted by atomic mass is 19.1. The zero-order chi connectivity index (χ0) is 20.1. The van der Waals surface area contributed by atoms with Crippen molar-refractivity contribution in [2.75, 3.05) is 26.2 Å². The molecule has 0 aromatic heterocycles. The fourth-order valence-corrected chi connectivity index (χ4v) is 3.19. The van der Waals surface area contributed by atoms with Gasteiger partial charge in [0.2, 0.25) is 5.91 Å². The van der Waals surface area contributed by atoms with Crippen molar-refractivity contribution in [2.24, 2.45) is 0 Å². The van der Waals surface area contributed by atoms with Crippen LogP contribution in [0.25, 0.3) is 0 Å². The first-order chi connectivity index (χ1) is 13.4. The molecule has 1 atom stereocenters. The molecule has 28 heavy (non-hydrogen) atoms. The Morgan fingerprint density at radius 2 is 1.46 bits per heavy atom. The van der Waals surface area contributed by atoms with Gasteiger partial charge in [-0.3, -0.25) is 14.5 Å². The molecule has 3 rings (SSSR count). The average molecular weight is 387 g/mol. The zero-order valence-electron chi connectivity index (χ0n) is 15.7. The summed E-state index contributed by atoms with van der Waals surface area (Å²) < 4.78 is 25.9. The van der Waals surface area contributed by atoms with E-state index in [0.29, 0.717) is 38.3 Å². The van der Waals surface area contributed by atoms with E-state index < -0.39 is 0 Å². The third kappa shape index (κ3) is 4.92. The lowest BCUT2D eigenvalue weighted by molar-refractivity contribution is -0.126. The lowest BCUT2D eigenvalue weighted by Crippen LogP contribution is -2.54. The van der Waals surface area contributed by atoms with Crippen LogP contribution in [0, 0.1) is 11.6 Å². The van der Waals surface area contributed by atoms with Crippen LogP contribution in [0.5, 0.6) is 0 Å². The summed E-state index contributed by atoms with van der Waals surface area (Å²) in [6.07, 6.45) is 0. The molecule has 1 fully saturated rings. The maximum absolute atomic E-state index is 13.0. The van der Waals surface area contributed by atoms with Crippen LogP contribution in [0.2, 0.25) is 0 Å². The second-order valence-corrected chi connectivity index (χ2v) is 6.86. The van der Waals surface area contributed by atoms with E-state index in [0.717, 1.165) is 5.56 Å². The number of benzene rings is 2. The van der Waals surface area contributed by atoms with Crippen LogP contribution < -0.4 is 5.32 Å². The molecule has 7 heteroatoms. The third-order valence-electron chi connectivity index (χ3n) is 5.00. The predicted molar refractivity (Wildman–Crippen MR) is 102 cm³/mol. The third-order valence-corrected chi connectivity index (χ3v) is 5.00. The number of amides is 2. The van der Waals surface area contributed by atoms with Crippen molar-refractivity contribution < 1.29 is 18.4 Å². The first-order valence-corrected chi connectivity index (χ1v) is 9.25. The molecule has 1 aliphatic rings. The Morgan fingerprint density at radius 3 is 2.04 bits per heavy atom. The van der Waals surface area contributed by atoms with Gasteiger partial charge < -0.3 is 10.2 Å². The van der Waals surface area contributed by atoms with Gasteiger partial charge in [-0.15, -0.1) is 0 Å². The van der Waals surface area contributed by atoms with Crippen LogP contribution in [-0.2, 0) is 11.3 Å². The number of rotatable bonds is 5. The maximum Gasteiger partial charge on any atom is 0.253 e. The smallest absolute Gasteiger partial charge is 0.253 e. The Balaban J connectivity index is 1.48. The van der Waals surface area contributed by atoms with Crippen LogP contribution in [0.15, 0.2) is 48.5 Å². The molecule has 1 saturated heterocycles. The van der Waals surface area contributed by atoms with Crippen LogP contribution in [0.1, 0.15) is 22.8 Å². The molecular weight excluding hydrogens is 364 g/mol. The lowest BCUT2D eigenvalue weighted by atomic mass is 10.1. The van der Waals surface area contributed by atoms with Crippen LogP contribution in [-0.4, -0.2) is 53.8 Å². The Hall–Kier alpha value is -2.80. The standard InChI is InChI=1S/C21H23F2N3O2/c1-15(20(27)24-14-16-2-6-18(22)7-3-16)25-10-12-26(13-11-25)21(28)17-4-8-19(23)9-5-17/h2-9,15H,10-14H2,1H3,(H,24,27). The van der Waals surface area contributed by atoms with Gasteiger partial charge in [0.1, 0.15) is 11.6 Å². The number of carbonyl (C=O) groups excluding carboxylic acids is 2. The van der Waals surface area contributed by atoms with Gasteiger partial charge in [0, 0.05) is 38.3 Å². The molecule has 5 nitrogen and oxygen atoms in total. The van der Waals surface area contributed by atoms with E-state index >= 15 is 0 Å². The van der Waals surface area contributed by atoms with Crippen molar-refractivity contribution in [3.63, 3.8) is 0 Å². The molecule has 1 aliphatic heterocycles. The van der Waals surface area contributed by atoms with Crippen molar-refractivity contribution in [2.45, 2.75) is 19.5 Å². The minimum Gasteiger partial charge on any atom is -0.351 e. The topological polar surface area (TPSA) is 52.7 Å². The van der Waals surface area contributed by atoms with Crippen molar-refractivity contribution in [1.82, 2.24) is 15.1 Å². The highest BCUT2D eigenvalue weighted by Gasteiger charge is 2.27. The Kier molecular flexibility index (Phi) is 6.36. The zero-order valence-corrected chi connectivity index (χ0v) is 15.7. The van der Waals surface area contributed by atoms with Gasteiger partial charge in [0.15, 0.2) is 0 Å². The minimum atomic E-state index is -0.373. The number of nitrogens with zero attached hydrogens (tertiary/aromatic N) is 2. The van der Waals surface area contributed by atoms with E-state index in [1.54, 1.807) is 17.0 Å². The van der Waals surface area contributed by atoms with E-state index in [4.69, 9.17) is 0 Å². The quantitative estimate of drug-likeness (QED) is 0.857. The van der Waals surface area contributed by atoms with E-state index in [2.05, 4.69) is 5.32 Å². The predicted octanol–water partition coefficient (Wildman–Crippen LogP) is 2.43. The number of carbonyl (C=O) groups is 2. The van der Waals surface area contributed by atoms with Gasteiger partial charge in [-0.25, -0.2) is 8.78 Å². The van der Waals surface area contributed by atoms with Crippen molar-refractivity contribution in [3.8, 4) is 0 Å². The molecule has 0 radical (unpaired) electrons. The lowest BCUT2D eigenvalue weighted by Gasteiger charge is -2.37. The summed E-state index contributed by atoms with van der Waals surface area (Å²) in [5, 5.41) is 2.86. The van der Waals surface area contributed by atoms with Crippen LogP contribution >= 0.6 is 0 Å². The summed E-state index contributed by atoms with van der Waals surface area (Å²) in [5.41, 5.74) is 1.29. The molecule has 2 aromatic rings. The summed E-state index contributed by atoms with van der Waals surface area (Å²) in [5.74, 6) is -0.922. The molecule has 0 aliphatic carbocycles. The second-order valence-electron chi connectivity index (χ2n) is 6.86. The monoisotopic (exact) mass is 387 g/mol. The fraction of sp³-hybridized carbons (Fsp3) is 0.333. The molecule has 0 bridgehead atoms. The average Bonchev–Trinajstić information content (AvgIpc) is 2.73. The van der Waals surface area contributed by atoms with Crippen LogP contribution in [0.3, 0.4) is 0 Å². The normalized spacial score (nSPS) is 15.9. The van der Waals surface area contributed by atoms with E-state index in [9.17, 15) is 18.4 Å². The Labute approximate surface area is 162 Å². The molecule has 2 amide bonds. The van der Waals surface area contributed by atoms with Crippen LogP contribution in [0.4, 0.5) is 8.78 Å². The number of nitrogens with one attached hydrogen (secondary N) is 1. The molecule has 2 aromatic carbocycles. The number of halogens is 2. The maximum atomic E-state index is 13.0. The van der Waals surface area contributed by atoms with Gasteiger partial charge in [0.25, 0.3) is 5.91 Å². The van der Waals surface area contributed by atoms with E-state index in [-0.39, 0.29) is 29.5 Å². The highest BCUT2D eigenvalue weighted by Crippen LogP contribution is 2.12. The van der Waals surface area contributed by atoms with Crippen molar-refractivity contribution in [3.05, 3.63) is 71.3 Å². The summed E-state index contributed by atoms with van der Waals surface area (Å²) in [7, 11) is 0. The Morgan fingerprint density at radius 1 is 0.929 bits per heavy atom. The summed E-state index contributed by atoms with van der Waals surface area (Å²) >= 11 is 0. The van der Waals surface area contributed by atoms with E-state index in [1.165, 1.54) is 36.4 Å². The summed E-state index contributed by atoms with van der Waals surface area (Å²) in [4.78, 5) is 28.6.